The summed E-state index contributed by atoms with van der Waals surface area (Å²) in [5.41, 5.74) is 0. The Bertz CT molecular complexity index is 1170. The van der Waals surface area contributed by atoms with E-state index >= 15 is 0 Å². The number of esters is 3. The second-order valence-electron chi connectivity index (χ2n) is 21.0. The van der Waals surface area contributed by atoms with Crippen LogP contribution in [0.25, 0.3) is 0 Å². The van der Waals surface area contributed by atoms with Crippen molar-refractivity contribution in [3.8, 4) is 0 Å². The van der Waals surface area contributed by atoms with Crippen LogP contribution in [0.15, 0.2) is 36.5 Å². The van der Waals surface area contributed by atoms with Crippen LogP contribution in [0, 0.1) is 0 Å². The van der Waals surface area contributed by atoms with E-state index in [0.29, 0.717) is 19.3 Å². The van der Waals surface area contributed by atoms with E-state index in [0.717, 1.165) is 83.5 Å². The number of unbranched alkanes of at least 4 members (excludes halogenated alkanes) is 40. The number of rotatable bonds is 57. The first-order chi connectivity index (χ1) is 34.5. The molecule has 0 aromatic carbocycles. The number of hydrogen-bond donors (Lipinski definition) is 0. The molecule has 0 aliphatic carbocycles. The molecule has 70 heavy (non-hydrogen) atoms. The molecule has 0 rings (SSSR count). The quantitative estimate of drug-likeness (QED) is 0.0261. The van der Waals surface area contributed by atoms with Crippen LogP contribution >= 0.6 is 0 Å². The van der Waals surface area contributed by atoms with Gasteiger partial charge >= 0.3 is 17.9 Å². The summed E-state index contributed by atoms with van der Waals surface area (Å²) in [5.74, 6) is -0.879. The lowest BCUT2D eigenvalue weighted by atomic mass is 10.0. The Morgan fingerprint density at radius 3 is 0.843 bits per heavy atom. The van der Waals surface area contributed by atoms with Crippen molar-refractivity contribution in [3.63, 3.8) is 0 Å². The summed E-state index contributed by atoms with van der Waals surface area (Å²) in [5, 5.41) is 0. The van der Waals surface area contributed by atoms with Gasteiger partial charge in [-0.05, 0) is 70.6 Å². The van der Waals surface area contributed by atoms with Crippen molar-refractivity contribution in [2.75, 3.05) is 13.2 Å². The topological polar surface area (TPSA) is 78.9 Å². The number of carbonyl (C=O) groups excluding carboxylic acids is 3. The standard InChI is InChI=1S/C64H118O6/c1-4-7-10-13-16-19-22-25-28-29-30-31-32-33-34-35-37-39-42-45-48-51-54-57-63(66)69-60-61(59-68-62(65)56-53-50-47-44-41-38-27-24-21-18-15-12-9-6-3)70-64(67)58-55-52-49-46-43-40-36-26-23-20-17-14-11-8-5-2/h15,18,24,26-27,36,61H,4-14,16-17,19-23,25,28-35,37-60H2,1-3H3/b18-15-,27-24-,36-26-. The van der Waals surface area contributed by atoms with Crippen molar-refractivity contribution >= 4 is 17.9 Å². The first kappa shape index (κ1) is 67.6. The molecule has 0 fully saturated rings. The van der Waals surface area contributed by atoms with Crippen LogP contribution in [0.3, 0.4) is 0 Å². The molecule has 0 N–H and O–H groups in total. The molecule has 0 aliphatic heterocycles. The van der Waals surface area contributed by atoms with Gasteiger partial charge in [0.25, 0.3) is 0 Å². The highest BCUT2D eigenvalue weighted by molar-refractivity contribution is 5.71. The third-order valence-corrected chi connectivity index (χ3v) is 13.9. The van der Waals surface area contributed by atoms with Gasteiger partial charge in [-0.3, -0.25) is 14.4 Å². The van der Waals surface area contributed by atoms with Gasteiger partial charge in [0.15, 0.2) is 6.10 Å². The Hall–Kier alpha value is -2.37. The monoisotopic (exact) mass is 983 g/mol. The van der Waals surface area contributed by atoms with Gasteiger partial charge in [-0.15, -0.1) is 0 Å². The fourth-order valence-electron chi connectivity index (χ4n) is 9.16. The summed E-state index contributed by atoms with van der Waals surface area (Å²) < 4.78 is 16.9. The second-order valence-corrected chi connectivity index (χ2v) is 21.0. The average molecular weight is 984 g/mol. The molecule has 0 aromatic heterocycles. The van der Waals surface area contributed by atoms with Crippen molar-refractivity contribution < 1.29 is 28.6 Å². The molecule has 0 saturated heterocycles. The van der Waals surface area contributed by atoms with Gasteiger partial charge in [0.1, 0.15) is 13.2 Å². The SMILES string of the molecule is CCCC/C=C\C/C=C\CCCCCCCC(=O)OCC(COC(=O)CCCCCCCCCCCCCCCCCCCCCCCCC)OC(=O)CCCCCCC/C=C\CCCCCCCC. The summed E-state index contributed by atoms with van der Waals surface area (Å²) in [6.07, 6.45) is 71.5. The molecular formula is C64H118O6. The molecule has 410 valence electrons. The van der Waals surface area contributed by atoms with Gasteiger partial charge in [0.05, 0.1) is 0 Å². The Morgan fingerprint density at radius 2 is 0.529 bits per heavy atom. The molecule has 1 atom stereocenters. The van der Waals surface area contributed by atoms with Crippen molar-refractivity contribution in [2.45, 2.75) is 341 Å². The molecule has 0 aromatic rings. The van der Waals surface area contributed by atoms with E-state index in [1.165, 1.54) is 212 Å². The number of allylic oxidation sites excluding steroid dienone is 6. The molecule has 0 radical (unpaired) electrons. The molecule has 6 nitrogen and oxygen atoms in total. The van der Waals surface area contributed by atoms with E-state index in [9.17, 15) is 14.4 Å². The van der Waals surface area contributed by atoms with Crippen molar-refractivity contribution in [1.29, 1.82) is 0 Å². The molecule has 0 aliphatic rings. The zero-order valence-electron chi connectivity index (χ0n) is 47.1. The third kappa shape index (κ3) is 56.5. The minimum atomic E-state index is -0.780. The Labute approximate surface area is 435 Å². The fraction of sp³-hybridized carbons (Fsp3) is 0.859. The normalized spacial score (nSPS) is 12.2. The largest absolute Gasteiger partial charge is 0.462 e. The lowest BCUT2D eigenvalue weighted by Crippen LogP contribution is -2.30. The molecule has 6 heteroatoms. The maximum Gasteiger partial charge on any atom is 0.306 e. The van der Waals surface area contributed by atoms with Crippen LogP contribution in [-0.2, 0) is 28.6 Å². The van der Waals surface area contributed by atoms with Crippen molar-refractivity contribution in [1.82, 2.24) is 0 Å². The number of ether oxygens (including phenoxy) is 3. The Morgan fingerprint density at radius 1 is 0.286 bits per heavy atom. The summed E-state index contributed by atoms with van der Waals surface area (Å²) in [7, 11) is 0. The highest BCUT2D eigenvalue weighted by Crippen LogP contribution is 2.17. The summed E-state index contributed by atoms with van der Waals surface area (Å²) >= 11 is 0. The Kier molecular flexibility index (Phi) is 57.2. The number of hydrogen-bond acceptors (Lipinski definition) is 6. The fourth-order valence-corrected chi connectivity index (χ4v) is 9.16. The minimum Gasteiger partial charge on any atom is -0.462 e. The van der Waals surface area contributed by atoms with Crippen LogP contribution in [0.2, 0.25) is 0 Å². The van der Waals surface area contributed by atoms with Crippen LogP contribution in [0.4, 0.5) is 0 Å². The van der Waals surface area contributed by atoms with Crippen LogP contribution in [0.5, 0.6) is 0 Å². The molecule has 0 saturated carbocycles. The van der Waals surface area contributed by atoms with E-state index in [1.54, 1.807) is 0 Å². The van der Waals surface area contributed by atoms with E-state index in [1.807, 2.05) is 0 Å². The maximum atomic E-state index is 12.9. The van der Waals surface area contributed by atoms with Gasteiger partial charge in [-0.1, -0.05) is 282 Å². The van der Waals surface area contributed by atoms with Gasteiger partial charge in [-0.25, -0.2) is 0 Å². The molecule has 0 amide bonds. The second kappa shape index (κ2) is 59.2. The number of carbonyl (C=O) groups is 3. The smallest absolute Gasteiger partial charge is 0.306 e. The Balaban J connectivity index is 4.27. The molecular weight excluding hydrogens is 865 g/mol. The van der Waals surface area contributed by atoms with E-state index < -0.39 is 6.10 Å². The van der Waals surface area contributed by atoms with Gasteiger partial charge < -0.3 is 14.2 Å². The first-order valence-electron chi connectivity index (χ1n) is 31.0. The van der Waals surface area contributed by atoms with Crippen LogP contribution < -0.4 is 0 Å². The summed E-state index contributed by atoms with van der Waals surface area (Å²) in [6, 6.07) is 0. The molecule has 1 unspecified atom stereocenters. The minimum absolute atomic E-state index is 0.0762. The molecule has 0 spiro atoms. The predicted molar refractivity (Wildman–Crippen MR) is 302 cm³/mol. The van der Waals surface area contributed by atoms with Crippen LogP contribution in [-0.4, -0.2) is 37.2 Å². The van der Waals surface area contributed by atoms with Crippen molar-refractivity contribution in [3.05, 3.63) is 36.5 Å². The third-order valence-electron chi connectivity index (χ3n) is 13.9. The summed E-state index contributed by atoms with van der Waals surface area (Å²) in [6.45, 7) is 6.63. The van der Waals surface area contributed by atoms with E-state index in [4.69, 9.17) is 14.2 Å². The zero-order valence-corrected chi connectivity index (χ0v) is 47.1. The average Bonchev–Trinajstić information content (AvgIpc) is 3.36. The summed E-state index contributed by atoms with van der Waals surface area (Å²) in [4.78, 5) is 38.2. The van der Waals surface area contributed by atoms with Gasteiger partial charge in [0.2, 0.25) is 0 Å². The van der Waals surface area contributed by atoms with Gasteiger partial charge in [-0.2, -0.15) is 0 Å². The molecule has 0 heterocycles. The lowest BCUT2D eigenvalue weighted by Gasteiger charge is -2.18. The highest BCUT2D eigenvalue weighted by atomic mass is 16.6. The van der Waals surface area contributed by atoms with Crippen LogP contribution in [0.1, 0.15) is 335 Å². The van der Waals surface area contributed by atoms with Gasteiger partial charge in [0, 0.05) is 19.3 Å². The maximum absolute atomic E-state index is 12.9. The molecule has 0 bridgehead atoms. The predicted octanol–water partition coefficient (Wildman–Crippen LogP) is 20.8. The van der Waals surface area contributed by atoms with Crippen molar-refractivity contribution in [2.24, 2.45) is 0 Å². The highest BCUT2D eigenvalue weighted by Gasteiger charge is 2.19. The zero-order chi connectivity index (χ0) is 50.7. The first-order valence-corrected chi connectivity index (χ1v) is 31.0. The lowest BCUT2D eigenvalue weighted by molar-refractivity contribution is -0.167. The van der Waals surface area contributed by atoms with E-state index in [-0.39, 0.29) is 31.1 Å². The van der Waals surface area contributed by atoms with E-state index in [2.05, 4.69) is 57.2 Å².